The van der Waals surface area contributed by atoms with E-state index >= 15 is 0 Å². The van der Waals surface area contributed by atoms with Crippen LogP contribution in [0.4, 0.5) is 21.5 Å². The molecule has 0 aliphatic carbocycles. The Kier molecular flexibility index (Phi) is 4.44. The van der Waals surface area contributed by atoms with E-state index in [4.69, 9.17) is 22.6 Å². The monoisotopic (exact) mass is 289 g/mol. The first-order chi connectivity index (χ1) is 9.63. The minimum Gasteiger partial charge on any atom is -0.397 e. The van der Waals surface area contributed by atoms with E-state index in [9.17, 15) is 4.39 Å². The van der Waals surface area contributed by atoms with Crippen LogP contribution in [0.1, 0.15) is 6.42 Å². The zero-order chi connectivity index (χ0) is 14.5. The Labute approximate surface area is 122 Å². The zero-order valence-electron chi connectivity index (χ0n) is 10.7. The Hall–Kier alpha value is -2.25. The van der Waals surface area contributed by atoms with Crippen LogP contribution < -0.4 is 10.6 Å². The molecule has 2 N–H and O–H groups in total. The molecule has 0 radical (unpaired) electrons. The molecule has 0 fully saturated rings. The number of nitrogen functional groups attached to an aromatic ring is 1. The van der Waals surface area contributed by atoms with E-state index in [0.717, 1.165) is 5.69 Å². The maximum absolute atomic E-state index is 13.4. The van der Waals surface area contributed by atoms with Gasteiger partial charge >= 0.3 is 0 Å². The number of anilines is 3. The first kappa shape index (κ1) is 14.2. The molecule has 5 heteroatoms. The van der Waals surface area contributed by atoms with Gasteiger partial charge in [0.15, 0.2) is 0 Å². The van der Waals surface area contributed by atoms with Gasteiger partial charge in [0.2, 0.25) is 0 Å². The van der Waals surface area contributed by atoms with Crippen molar-refractivity contribution in [3.8, 4) is 6.07 Å². The predicted octanol–water partition coefficient (Wildman–Crippen LogP) is 4.11. The average Bonchev–Trinajstić information content (AvgIpc) is 2.45. The number of para-hydroxylation sites is 1. The summed E-state index contributed by atoms with van der Waals surface area (Å²) in [5, 5.41) is 8.79. The van der Waals surface area contributed by atoms with E-state index in [1.807, 2.05) is 35.2 Å². The van der Waals surface area contributed by atoms with Crippen LogP contribution in [0.2, 0.25) is 5.02 Å². The van der Waals surface area contributed by atoms with Gasteiger partial charge < -0.3 is 10.6 Å². The van der Waals surface area contributed by atoms with Crippen LogP contribution in [0, 0.1) is 17.1 Å². The average molecular weight is 290 g/mol. The summed E-state index contributed by atoms with van der Waals surface area (Å²) >= 11 is 5.83. The molecule has 3 nitrogen and oxygen atoms in total. The number of nitrogens with two attached hydrogens (primary N) is 1. The molecule has 20 heavy (non-hydrogen) atoms. The van der Waals surface area contributed by atoms with Crippen LogP contribution in [-0.2, 0) is 0 Å². The minimum atomic E-state index is -0.554. The van der Waals surface area contributed by atoms with Gasteiger partial charge in [0.1, 0.15) is 5.82 Å². The Morgan fingerprint density at radius 3 is 2.60 bits per heavy atom. The lowest BCUT2D eigenvalue weighted by Crippen LogP contribution is -2.19. The second-order valence-corrected chi connectivity index (χ2v) is 4.63. The highest BCUT2D eigenvalue weighted by Crippen LogP contribution is 2.34. The fourth-order valence-electron chi connectivity index (χ4n) is 1.94. The normalized spacial score (nSPS) is 10.1. The van der Waals surface area contributed by atoms with Crippen molar-refractivity contribution in [2.75, 3.05) is 17.2 Å². The van der Waals surface area contributed by atoms with Gasteiger partial charge in [0.05, 0.1) is 28.9 Å². The quantitative estimate of drug-likeness (QED) is 0.862. The third-order valence-corrected chi connectivity index (χ3v) is 3.17. The molecule has 0 saturated carbocycles. The van der Waals surface area contributed by atoms with Crippen molar-refractivity contribution in [3.63, 3.8) is 0 Å². The summed E-state index contributed by atoms with van der Waals surface area (Å²) in [5.41, 5.74) is 7.63. The van der Waals surface area contributed by atoms with Crippen molar-refractivity contribution in [2.45, 2.75) is 6.42 Å². The summed E-state index contributed by atoms with van der Waals surface area (Å²) in [6, 6.07) is 14.2. The molecule has 0 aromatic heterocycles. The number of hydrogen-bond donors (Lipinski definition) is 1. The third-order valence-electron chi connectivity index (χ3n) is 2.88. The molecule has 2 rings (SSSR count). The standard InChI is InChI=1S/C15H13ClFN3/c16-12-9-15(14(19)10-13(12)17)20(8-4-7-18)11-5-2-1-3-6-11/h1-3,5-6,9-10H,4,8,19H2. The van der Waals surface area contributed by atoms with Crippen molar-refractivity contribution >= 4 is 28.7 Å². The topological polar surface area (TPSA) is 53.0 Å². The SMILES string of the molecule is N#CCCN(c1ccccc1)c1cc(Cl)c(F)cc1N. The summed E-state index contributed by atoms with van der Waals surface area (Å²) < 4.78 is 13.4. The summed E-state index contributed by atoms with van der Waals surface area (Å²) in [6.07, 6.45) is 0.323. The first-order valence-electron chi connectivity index (χ1n) is 6.07. The lowest BCUT2D eigenvalue weighted by molar-refractivity contribution is 0.629. The van der Waals surface area contributed by atoms with E-state index in [-0.39, 0.29) is 10.7 Å². The zero-order valence-corrected chi connectivity index (χ0v) is 11.4. The van der Waals surface area contributed by atoms with Crippen molar-refractivity contribution in [3.05, 3.63) is 53.3 Å². The third kappa shape index (κ3) is 3.01. The van der Waals surface area contributed by atoms with Crippen LogP contribution in [0.3, 0.4) is 0 Å². The van der Waals surface area contributed by atoms with Crippen LogP contribution in [0.15, 0.2) is 42.5 Å². The molecule has 0 amide bonds. The molecule has 2 aromatic carbocycles. The van der Waals surface area contributed by atoms with E-state index in [1.54, 1.807) is 0 Å². The van der Waals surface area contributed by atoms with Gasteiger partial charge in [-0.05, 0) is 18.2 Å². The summed E-state index contributed by atoms with van der Waals surface area (Å²) in [6.45, 7) is 0.451. The van der Waals surface area contributed by atoms with Gasteiger partial charge in [-0.25, -0.2) is 4.39 Å². The second-order valence-electron chi connectivity index (χ2n) is 4.22. The number of hydrogen-bond acceptors (Lipinski definition) is 3. The molecule has 102 valence electrons. The van der Waals surface area contributed by atoms with E-state index < -0.39 is 5.82 Å². The Morgan fingerprint density at radius 1 is 1.25 bits per heavy atom. The fraction of sp³-hybridized carbons (Fsp3) is 0.133. The minimum absolute atomic E-state index is 0.00656. The molecule has 0 unspecified atom stereocenters. The molecule has 0 aliphatic heterocycles. The predicted molar refractivity (Wildman–Crippen MR) is 79.5 cm³/mol. The molecular weight excluding hydrogens is 277 g/mol. The number of halogens is 2. The van der Waals surface area contributed by atoms with Crippen LogP contribution in [0.25, 0.3) is 0 Å². The van der Waals surface area contributed by atoms with Gasteiger partial charge in [-0.2, -0.15) is 5.26 Å². The van der Waals surface area contributed by atoms with Crippen molar-refractivity contribution < 1.29 is 4.39 Å². The highest BCUT2D eigenvalue weighted by molar-refractivity contribution is 6.31. The van der Waals surface area contributed by atoms with E-state index in [0.29, 0.717) is 18.7 Å². The van der Waals surface area contributed by atoms with Crippen molar-refractivity contribution in [2.24, 2.45) is 0 Å². The molecule has 2 aromatic rings. The lowest BCUT2D eigenvalue weighted by atomic mass is 10.2. The van der Waals surface area contributed by atoms with Crippen molar-refractivity contribution in [1.29, 1.82) is 5.26 Å². The van der Waals surface area contributed by atoms with Gasteiger partial charge in [-0.3, -0.25) is 0 Å². The second kappa shape index (κ2) is 6.27. The number of nitrogens with zero attached hydrogens (tertiary/aromatic N) is 2. The van der Waals surface area contributed by atoms with Gasteiger partial charge in [0.25, 0.3) is 0 Å². The Bertz CT molecular complexity index is 638. The van der Waals surface area contributed by atoms with Gasteiger partial charge in [0, 0.05) is 18.3 Å². The largest absolute Gasteiger partial charge is 0.397 e. The van der Waals surface area contributed by atoms with Crippen LogP contribution in [0.5, 0.6) is 0 Å². The van der Waals surface area contributed by atoms with Gasteiger partial charge in [-0.15, -0.1) is 0 Å². The summed E-state index contributed by atoms with van der Waals surface area (Å²) in [7, 11) is 0. The van der Waals surface area contributed by atoms with Crippen LogP contribution in [-0.4, -0.2) is 6.54 Å². The highest BCUT2D eigenvalue weighted by atomic mass is 35.5. The first-order valence-corrected chi connectivity index (χ1v) is 6.45. The van der Waals surface area contributed by atoms with Gasteiger partial charge in [-0.1, -0.05) is 29.8 Å². The lowest BCUT2D eigenvalue weighted by Gasteiger charge is -2.25. The smallest absolute Gasteiger partial charge is 0.143 e. The number of nitriles is 1. The number of rotatable bonds is 4. The maximum atomic E-state index is 13.4. The summed E-state index contributed by atoms with van der Waals surface area (Å²) in [4.78, 5) is 1.85. The van der Waals surface area contributed by atoms with Crippen LogP contribution >= 0.6 is 11.6 Å². The molecule has 0 spiro atoms. The van der Waals surface area contributed by atoms with E-state index in [1.165, 1.54) is 12.1 Å². The molecule has 0 bridgehead atoms. The molecule has 0 atom stereocenters. The highest BCUT2D eigenvalue weighted by Gasteiger charge is 2.14. The van der Waals surface area contributed by atoms with Crippen molar-refractivity contribution in [1.82, 2.24) is 0 Å². The Balaban J connectivity index is 2.47. The number of benzene rings is 2. The molecule has 0 aliphatic rings. The Morgan fingerprint density at radius 2 is 1.95 bits per heavy atom. The fourth-order valence-corrected chi connectivity index (χ4v) is 2.10. The molecule has 0 heterocycles. The van der Waals surface area contributed by atoms with E-state index in [2.05, 4.69) is 6.07 Å². The molecular formula is C15H13ClFN3. The summed E-state index contributed by atoms with van der Waals surface area (Å²) in [5.74, 6) is -0.554. The maximum Gasteiger partial charge on any atom is 0.143 e. The molecule has 0 saturated heterocycles.